The number of nitrogens with one attached hydrogen (secondary N) is 1. The monoisotopic (exact) mass is 378 g/mol. The number of carbonyl (C=O) groups is 1. The fourth-order valence-corrected chi connectivity index (χ4v) is 3.02. The molecule has 2 aromatic carbocycles. The van der Waals surface area contributed by atoms with Gasteiger partial charge in [0.25, 0.3) is 0 Å². The summed E-state index contributed by atoms with van der Waals surface area (Å²) in [6, 6.07) is 18.5. The molecule has 0 spiro atoms. The third-order valence-corrected chi connectivity index (χ3v) is 4.31. The van der Waals surface area contributed by atoms with Crippen LogP contribution in [0.2, 0.25) is 0 Å². The number of nitrogens with zero attached hydrogens (tertiary/aromatic N) is 1. The van der Waals surface area contributed by atoms with E-state index in [9.17, 15) is 4.79 Å². The van der Waals surface area contributed by atoms with Gasteiger partial charge in [-0.3, -0.25) is 9.78 Å². The maximum absolute atomic E-state index is 13.2. The quantitative estimate of drug-likeness (QED) is 0.676. The molecule has 0 fully saturated rings. The molecule has 28 heavy (non-hydrogen) atoms. The highest BCUT2D eigenvalue weighted by Crippen LogP contribution is 2.40. The first kappa shape index (κ1) is 19.2. The zero-order valence-corrected chi connectivity index (χ0v) is 16.0. The first-order chi connectivity index (χ1) is 13.7. The topological polar surface area (TPSA) is 69.7 Å². The van der Waals surface area contributed by atoms with Crippen LogP contribution in [0.4, 0.5) is 5.69 Å². The van der Waals surface area contributed by atoms with Gasteiger partial charge in [-0.05, 0) is 17.7 Å². The van der Waals surface area contributed by atoms with E-state index in [4.69, 9.17) is 14.2 Å². The lowest BCUT2D eigenvalue weighted by Gasteiger charge is -2.18. The molecule has 1 amide bonds. The summed E-state index contributed by atoms with van der Waals surface area (Å²) in [5.41, 5.74) is 2.06. The van der Waals surface area contributed by atoms with Crippen LogP contribution in [-0.4, -0.2) is 32.2 Å². The summed E-state index contributed by atoms with van der Waals surface area (Å²) in [6.07, 6.45) is 1.68. The average Bonchev–Trinajstić information content (AvgIpc) is 2.74. The number of hydrogen-bond acceptors (Lipinski definition) is 5. The molecule has 0 saturated carbocycles. The normalized spacial score (nSPS) is 11.4. The van der Waals surface area contributed by atoms with E-state index in [1.54, 1.807) is 18.3 Å². The number of methoxy groups -OCH3 is 3. The van der Waals surface area contributed by atoms with Crippen LogP contribution in [-0.2, 0) is 4.79 Å². The maximum atomic E-state index is 13.2. The van der Waals surface area contributed by atoms with Crippen LogP contribution in [0.25, 0.3) is 0 Å². The van der Waals surface area contributed by atoms with Crippen molar-refractivity contribution in [3.63, 3.8) is 0 Å². The lowest BCUT2D eigenvalue weighted by molar-refractivity contribution is -0.116. The summed E-state index contributed by atoms with van der Waals surface area (Å²) in [5, 5.41) is 2.95. The standard InChI is InChI=1S/C22H22N2O4/c1-26-18-13-16(14-19(27-2)21(18)28-3)24-22(25)20(15-9-5-4-6-10-15)17-11-7-8-12-23-17/h4-14,20H,1-3H3,(H,24,25). The lowest BCUT2D eigenvalue weighted by atomic mass is 9.94. The molecule has 1 unspecified atom stereocenters. The van der Waals surface area contributed by atoms with Gasteiger partial charge in [0.15, 0.2) is 11.5 Å². The number of ether oxygens (including phenoxy) is 3. The molecule has 0 bridgehead atoms. The molecule has 1 atom stereocenters. The molecular formula is C22H22N2O4. The van der Waals surface area contributed by atoms with Crippen molar-refractivity contribution in [2.45, 2.75) is 5.92 Å². The molecule has 6 nitrogen and oxygen atoms in total. The highest BCUT2D eigenvalue weighted by atomic mass is 16.5. The van der Waals surface area contributed by atoms with Crippen molar-refractivity contribution in [2.75, 3.05) is 26.6 Å². The van der Waals surface area contributed by atoms with Crippen molar-refractivity contribution in [2.24, 2.45) is 0 Å². The molecule has 0 aliphatic heterocycles. The van der Waals surface area contributed by atoms with E-state index in [0.717, 1.165) is 5.56 Å². The van der Waals surface area contributed by atoms with Crippen LogP contribution < -0.4 is 19.5 Å². The Bertz CT molecular complexity index is 865. The van der Waals surface area contributed by atoms with E-state index < -0.39 is 5.92 Å². The van der Waals surface area contributed by atoms with Crippen molar-refractivity contribution in [3.8, 4) is 17.2 Å². The molecule has 1 aromatic heterocycles. The SMILES string of the molecule is COc1cc(NC(=O)C(c2ccccc2)c2ccccn2)cc(OC)c1OC. The zero-order valence-electron chi connectivity index (χ0n) is 16.0. The second-order valence-corrected chi connectivity index (χ2v) is 6.00. The van der Waals surface area contributed by atoms with Gasteiger partial charge in [0.05, 0.1) is 27.0 Å². The smallest absolute Gasteiger partial charge is 0.237 e. The third kappa shape index (κ3) is 4.06. The minimum Gasteiger partial charge on any atom is -0.493 e. The summed E-state index contributed by atoms with van der Waals surface area (Å²) in [4.78, 5) is 17.6. The van der Waals surface area contributed by atoms with Gasteiger partial charge in [-0.15, -0.1) is 0 Å². The summed E-state index contributed by atoms with van der Waals surface area (Å²) in [5.74, 6) is 0.630. The van der Waals surface area contributed by atoms with Crippen LogP contribution in [0.5, 0.6) is 17.2 Å². The summed E-state index contributed by atoms with van der Waals surface area (Å²) in [7, 11) is 4.60. The maximum Gasteiger partial charge on any atom is 0.237 e. The Morgan fingerprint density at radius 1 is 0.893 bits per heavy atom. The van der Waals surface area contributed by atoms with Crippen LogP contribution in [0.15, 0.2) is 66.9 Å². The average molecular weight is 378 g/mol. The fourth-order valence-electron chi connectivity index (χ4n) is 3.02. The summed E-state index contributed by atoms with van der Waals surface area (Å²) in [6.45, 7) is 0. The lowest BCUT2D eigenvalue weighted by Crippen LogP contribution is -2.23. The van der Waals surface area contributed by atoms with Gasteiger partial charge < -0.3 is 19.5 Å². The van der Waals surface area contributed by atoms with Crippen molar-refractivity contribution >= 4 is 11.6 Å². The Morgan fingerprint density at radius 3 is 2.07 bits per heavy atom. The van der Waals surface area contributed by atoms with Crippen LogP contribution in [0.1, 0.15) is 17.2 Å². The Labute approximate surface area is 164 Å². The molecule has 0 saturated heterocycles. The predicted molar refractivity (Wildman–Crippen MR) is 107 cm³/mol. The first-order valence-corrected chi connectivity index (χ1v) is 8.74. The van der Waals surface area contributed by atoms with E-state index >= 15 is 0 Å². The molecule has 0 aliphatic rings. The van der Waals surface area contributed by atoms with E-state index in [-0.39, 0.29) is 5.91 Å². The number of carbonyl (C=O) groups excluding carboxylic acids is 1. The first-order valence-electron chi connectivity index (χ1n) is 8.74. The molecule has 1 heterocycles. The van der Waals surface area contributed by atoms with Gasteiger partial charge >= 0.3 is 0 Å². The molecule has 6 heteroatoms. The minimum absolute atomic E-state index is 0.209. The molecule has 3 rings (SSSR count). The molecule has 1 N–H and O–H groups in total. The van der Waals surface area contributed by atoms with Gasteiger partial charge in [-0.25, -0.2) is 0 Å². The van der Waals surface area contributed by atoms with Crippen molar-refractivity contribution in [1.29, 1.82) is 0 Å². The summed E-state index contributed by atoms with van der Waals surface area (Å²) >= 11 is 0. The number of pyridine rings is 1. The third-order valence-electron chi connectivity index (χ3n) is 4.31. The summed E-state index contributed by atoms with van der Waals surface area (Å²) < 4.78 is 16.1. The minimum atomic E-state index is -0.554. The van der Waals surface area contributed by atoms with Gasteiger partial charge in [-0.1, -0.05) is 36.4 Å². The van der Waals surface area contributed by atoms with Crippen molar-refractivity contribution in [3.05, 3.63) is 78.1 Å². The fraction of sp³-hybridized carbons (Fsp3) is 0.182. The van der Waals surface area contributed by atoms with Crippen molar-refractivity contribution in [1.82, 2.24) is 4.98 Å². The number of hydrogen-bond donors (Lipinski definition) is 1. The second kappa shape index (κ2) is 8.90. The molecule has 0 aliphatic carbocycles. The van der Waals surface area contributed by atoms with Crippen LogP contribution in [0.3, 0.4) is 0 Å². The molecule has 144 valence electrons. The number of anilines is 1. The van der Waals surface area contributed by atoms with E-state index in [1.807, 2.05) is 48.5 Å². The Balaban J connectivity index is 1.97. The Morgan fingerprint density at radius 2 is 1.54 bits per heavy atom. The number of amides is 1. The largest absolute Gasteiger partial charge is 0.493 e. The van der Waals surface area contributed by atoms with Gasteiger partial charge in [0.1, 0.15) is 5.92 Å². The van der Waals surface area contributed by atoms with Gasteiger partial charge in [0.2, 0.25) is 11.7 Å². The van der Waals surface area contributed by atoms with Crippen LogP contribution >= 0.6 is 0 Å². The van der Waals surface area contributed by atoms with E-state index in [0.29, 0.717) is 28.6 Å². The predicted octanol–water partition coefficient (Wildman–Crippen LogP) is 3.88. The van der Waals surface area contributed by atoms with Crippen LogP contribution in [0, 0.1) is 0 Å². The van der Waals surface area contributed by atoms with Gasteiger partial charge in [-0.2, -0.15) is 0 Å². The van der Waals surface area contributed by atoms with Gasteiger partial charge in [0, 0.05) is 24.0 Å². The Hall–Kier alpha value is -3.54. The highest BCUT2D eigenvalue weighted by Gasteiger charge is 2.25. The number of benzene rings is 2. The second-order valence-electron chi connectivity index (χ2n) is 6.00. The van der Waals surface area contributed by atoms with E-state index in [2.05, 4.69) is 10.3 Å². The van der Waals surface area contributed by atoms with E-state index in [1.165, 1.54) is 21.3 Å². The molecule has 3 aromatic rings. The zero-order chi connectivity index (χ0) is 19.9. The number of aromatic nitrogens is 1. The molecular weight excluding hydrogens is 356 g/mol. The molecule has 0 radical (unpaired) electrons. The Kier molecular flexibility index (Phi) is 6.11. The number of rotatable bonds is 7. The van der Waals surface area contributed by atoms with Crippen molar-refractivity contribution < 1.29 is 19.0 Å². The highest BCUT2D eigenvalue weighted by molar-refractivity contribution is 5.98.